The molecule has 19 heavy (non-hydrogen) atoms. The average molecular weight is 264 g/mol. The van der Waals surface area contributed by atoms with Crippen LogP contribution in [0.25, 0.3) is 0 Å². The predicted octanol–water partition coefficient (Wildman–Crippen LogP) is -1.35. The maximum atomic E-state index is 12.2. The number of piperazine rings is 1. The fourth-order valence-corrected chi connectivity index (χ4v) is 1.90. The van der Waals surface area contributed by atoms with Crippen LogP contribution >= 0.6 is 0 Å². The van der Waals surface area contributed by atoms with Gasteiger partial charge in [0.1, 0.15) is 18.3 Å². The van der Waals surface area contributed by atoms with E-state index in [-0.39, 0.29) is 12.2 Å². The molecule has 0 aromatic carbocycles. The van der Waals surface area contributed by atoms with Gasteiger partial charge in [0.2, 0.25) is 11.8 Å². The van der Waals surface area contributed by atoms with Gasteiger partial charge in [0.25, 0.3) is 11.5 Å². The van der Waals surface area contributed by atoms with Crippen LogP contribution in [-0.4, -0.2) is 45.4 Å². The Morgan fingerprint density at radius 1 is 1.42 bits per heavy atom. The zero-order valence-electron chi connectivity index (χ0n) is 10.2. The fourth-order valence-electron chi connectivity index (χ4n) is 1.90. The Labute approximate surface area is 107 Å². The monoisotopic (exact) mass is 264 g/mol. The summed E-state index contributed by atoms with van der Waals surface area (Å²) in [7, 11) is 0. The van der Waals surface area contributed by atoms with Gasteiger partial charge in [-0.05, 0) is 12.5 Å². The van der Waals surface area contributed by atoms with Gasteiger partial charge in [0.05, 0.1) is 0 Å². The SMILES string of the molecule is CCC1C(=O)NC(=O)CN1C(=O)c1ccc(=O)[nH]n1. The average Bonchev–Trinajstić information content (AvgIpc) is 2.38. The number of aromatic nitrogens is 2. The van der Waals surface area contributed by atoms with Crippen LogP contribution in [0.3, 0.4) is 0 Å². The highest BCUT2D eigenvalue weighted by Crippen LogP contribution is 2.12. The van der Waals surface area contributed by atoms with Crippen LogP contribution in [-0.2, 0) is 9.59 Å². The summed E-state index contributed by atoms with van der Waals surface area (Å²) in [5, 5.41) is 7.91. The van der Waals surface area contributed by atoms with Gasteiger partial charge in [-0.2, -0.15) is 5.10 Å². The van der Waals surface area contributed by atoms with Gasteiger partial charge in [0.15, 0.2) is 0 Å². The molecule has 1 aliphatic rings. The lowest BCUT2D eigenvalue weighted by atomic mass is 10.1. The molecule has 0 aliphatic carbocycles. The highest BCUT2D eigenvalue weighted by atomic mass is 16.2. The van der Waals surface area contributed by atoms with E-state index < -0.39 is 29.3 Å². The number of amides is 3. The Hall–Kier alpha value is -2.51. The lowest BCUT2D eigenvalue weighted by molar-refractivity contribution is -0.138. The molecular weight excluding hydrogens is 252 g/mol. The van der Waals surface area contributed by atoms with E-state index in [2.05, 4.69) is 15.5 Å². The maximum Gasteiger partial charge on any atom is 0.275 e. The summed E-state index contributed by atoms with van der Waals surface area (Å²) in [5.74, 6) is -1.60. The molecule has 1 aromatic heterocycles. The number of hydrogen-bond acceptors (Lipinski definition) is 5. The Morgan fingerprint density at radius 2 is 2.16 bits per heavy atom. The topological polar surface area (TPSA) is 112 Å². The number of H-pyrrole nitrogens is 1. The third-order valence-electron chi connectivity index (χ3n) is 2.80. The second-order valence-corrected chi connectivity index (χ2v) is 4.08. The van der Waals surface area contributed by atoms with Gasteiger partial charge >= 0.3 is 0 Å². The van der Waals surface area contributed by atoms with E-state index in [4.69, 9.17) is 0 Å². The molecule has 1 saturated heterocycles. The normalized spacial score (nSPS) is 19.2. The molecule has 3 amide bonds. The Kier molecular flexibility index (Phi) is 3.41. The van der Waals surface area contributed by atoms with Crippen LogP contribution in [0, 0.1) is 0 Å². The minimum absolute atomic E-state index is 0.0134. The molecular formula is C11H12N4O4. The van der Waals surface area contributed by atoms with Gasteiger partial charge in [-0.25, -0.2) is 5.10 Å². The van der Waals surface area contributed by atoms with Gasteiger partial charge in [0, 0.05) is 6.07 Å². The van der Waals surface area contributed by atoms with Crippen molar-refractivity contribution in [3.05, 3.63) is 28.2 Å². The quantitative estimate of drug-likeness (QED) is 0.641. The molecule has 1 aliphatic heterocycles. The summed E-state index contributed by atoms with van der Waals surface area (Å²) in [4.78, 5) is 47.2. The van der Waals surface area contributed by atoms with E-state index in [0.29, 0.717) is 6.42 Å². The second kappa shape index (κ2) is 5.01. The summed E-state index contributed by atoms with van der Waals surface area (Å²) < 4.78 is 0. The van der Waals surface area contributed by atoms with Crippen molar-refractivity contribution in [2.45, 2.75) is 19.4 Å². The molecule has 2 rings (SSSR count). The summed E-state index contributed by atoms with van der Waals surface area (Å²) in [6, 6.07) is 1.71. The first-order valence-corrected chi connectivity index (χ1v) is 5.73. The number of carbonyl (C=O) groups is 3. The zero-order chi connectivity index (χ0) is 14.0. The molecule has 0 saturated carbocycles. The van der Waals surface area contributed by atoms with E-state index in [0.717, 1.165) is 11.0 Å². The maximum absolute atomic E-state index is 12.2. The lowest BCUT2D eigenvalue weighted by Gasteiger charge is -2.32. The first kappa shape index (κ1) is 12.9. The Bertz CT molecular complexity index is 574. The van der Waals surface area contributed by atoms with Crippen LogP contribution in [0.15, 0.2) is 16.9 Å². The molecule has 2 heterocycles. The number of rotatable bonds is 2. The molecule has 1 aromatic rings. The molecule has 1 atom stereocenters. The van der Waals surface area contributed by atoms with Crippen LogP contribution in [0.2, 0.25) is 0 Å². The zero-order valence-corrected chi connectivity index (χ0v) is 10.2. The van der Waals surface area contributed by atoms with E-state index >= 15 is 0 Å². The van der Waals surface area contributed by atoms with Gasteiger partial charge in [-0.1, -0.05) is 6.92 Å². The largest absolute Gasteiger partial charge is 0.316 e. The number of carbonyl (C=O) groups excluding carboxylic acids is 3. The first-order chi connectivity index (χ1) is 9.02. The van der Waals surface area contributed by atoms with Crippen molar-refractivity contribution in [1.29, 1.82) is 0 Å². The molecule has 2 N–H and O–H groups in total. The molecule has 0 bridgehead atoms. The van der Waals surface area contributed by atoms with Crippen LogP contribution in [0.5, 0.6) is 0 Å². The predicted molar refractivity (Wildman–Crippen MR) is 63.1 cm³/mol. The van der Waals surface area contributed by atoms with Gasteiger partial charge < -0.3 is 4.90 Å². The summed E-state index contributed by atoms with van der Waals surface area (Å²) in [6.45, 7) is 1.53. The van der Waals surface area contributed by atoms with Gasteiger partial charge in [-0.15, -0.1) is 0 Å². The standard InChI is InChI=1S/C11H12N4O4/c1-2-7-10(18)12-9(17)5-15(7)11(19)6-3-4-8(16)14-13-6/h3-4,7H,2,5H2,1H3,(H,14,16)(H,12,17,18). The number of aromatic amines is 1. The van der Waals surface area contributed by atoms with Crippen LogP contribution in [0.4, 0.5) is 0 Å². The number of hydrogen-bond donors (Lipinski definition) is 2. The van der Waals surface area contributed by atoms with E-state index in [1.165, 1.54) is 6.07 Å². The van der Waals surface area contributed by atoms with Crippen LogP contribution < -0.4 is 10.9 Å². The van der Waals surface area contributed by atoms with Crippen molar-refractivity contribution in [2.75, 3.05) is 6.54 Å². The Morgan fingerprint density at radius 3 is 2.74 bits per heavy atom. The third-order valence-corrected chi connectivity index (χ3v) is 2.80. The van der Waals surface area contributed by atoms with Crippen molar-refractivity contribution in [3.63, 3.8) is 0 Å². The third kappa shape index (κ3) is 2.51. The molecule has 1 unspecified atom stereocenters. The van der Waals surface area contributed by atoms with Crippen molar-refractivity contribution in [3.8, 4) is 0 Å². The van der Waals surface area contributed by atoms with Crippen molar-refractivity contribution in [2.24, 2.45) is 0 Å². The van der Waals surface area contributed by atoms with Crippen molar-refractivity contribution in [1.82, 2.24) is 20.4 Å². The molecule has 1 fully saturated rings. The second-order valence-electron chi connectivity index (χ2n) is 4.08. The Balaban J connectivity index is 2.29. The molecule has 100 valence electrons. The lowest BCUT2D eigenvalue weighted by Crippen LogP contribution is -2.59. The van der Waals surface area contributed by atoms with Crippen molar-refractivity contribution < 1.29 is 14.4 Å². The summed E-state index contributed by atoms with van der Waals surface area (Å²) >= 11 is 0. The van der Waals surface area contributed by atoms with Crippen LogP contribution in [0.1, 0.15) is 23.8 Å². The van der Waals surface area contributed by atoms with E-state index in [1.807, 2.05) is 0 Å². The smallest absolute Gasteiger partial charge is 0.275 e. The van der Waals surface area contributed by atoms with Crippen molar-refractivity contribution >= 4 is 17.7 Å². The molecule has 8 heteroatoms. The summed E-state index contributed by atoms with van der Waals surface area (Å²) in [5.41, 5.74) is -0.448. The molecule has 0 radical (unpaired) electrons. The molecule has 0 spiro atoms. The van der Waals surface area contributed by atoms with E-state index in [1.54, 1.807) is 6.92 Å². The summed E-state index contributed by atoms with van der Waals surface area (Å²) in [6.07, 6.45) is 0.383. The first-order valence-electron chi connectivity index (χ1n) is 5.73. The highest BCUT2D eigenvalue weighted by molar-refractivity contribution is 6.06. The molecule has 8 nitrogen and oxygen atoms in total. The van der Waals surface area contributed by atoms with E-state index in [9.17, 15) is 19.2 Å². The fraction of sp³-hybridized carbons (Fsp3) is 0.364. The number of nitrogens with zero attached hydrogens (tertiary/aromatic N) is 2. The van der Waals surface area contributed by atoms with Gasteiger partial charge in [-0.3, -0.25) is 24.5 Å². The minimum atomic E-state index is -0.709. The number of nitrogens with one attached hydrogen (secondary N) is 2. The number of imide groups is 1. The highest BCUT2D eigenvalue weighted by Gasteiger charge is 2.36. The minimum Gasteiger partial charge on any atom is -0.316 e.